The lowest BCUT2D eigenvalue weighted by molar-refractivity contribution is -0.138. The molecule has 0 aromatic heterocycles. The highest BCUT2D eigenvalue weighted by atomic mass is 16.4. The molecule has 342 valence electrons. The Kier molecular flexibility index (Phi) is 48.4. The normalized spacial score (nSPS) is 12.4. The zero-order chi connectivity index (χ0) is 42.1. The number of hydrogen-bond acceptors (Lipinski definition) is 3. The molecular weight excluding hydrogens is 717 g/mol. The van der Waals surface area contributed by atoms with Crippen LogP contribution in [0.25, 0.3) is 0 Å². The van der Waals surface area contributed by atoms with Gasteiger partial charge in [0.1, 0.15) is 0 Å². The van der Waals surface area contributed by atoms with Crippen molar-refractivity contribution in [2.24, 2.45) is 0 Å². The summed E-state index contributed by atoms with van der Waals surface area (Å²) in [5.74, 6) is -1.33. The summed E-state index contributed by atoms with van der Waals surface area (Å²) in [5.41, 5.74) is 0. The maximum Gasteiger partial charge on any atom is 0.303 e. The maximum atomic E-state index is 10.5. The first-order valence-corrected chi connectivity index (χ1v) is 25.9. The minimum atomic E-state index is -0.667. The van der Waals surface area contributed by atoms with Crippen LogP contribution in [-0.2, 0) is 9.59 Å². The van der Waals surface area contributed by atoms with E-state index in [1.54, 1.807) is 0 Å². The van der Waals surface area contributed by atoms with Gasteiger partial charge in [-0.05, 0) is 77.0 Å². The zero-order valence-electron chi connectivity index (χ0n) is 38.6. The lowest BCUT2D eigenvalue weighted by Gasteiger charge is -2.10. The Labute approximate surface area is 361 Å². The van der Waals surface area contributed by atoms with Gasteiger partial charge >= 0.3 is 11.9 Å². The van der Waals surface area contributed by atoms with Gasteiger partial charge in [0.2, 0.25) is 0 Å². The third kappa shape index (κ3) is 52.4. The molecule has 58 heavy (non-hydrogen) atoms. The Balaban J connectivity index is 3.20. The molecule has 0 rings (SSSR count). The second-order valence-electron chi connectivity index (χ2n) is 18.1. The Morgan fingerprint density at radius 1 is 0.276 bits per heavy atom. The fourth-order valence-electron chi connectivity index (χ4n) is 8.28. The summed E-state index contributed by atoms with van der Waals surface area (Å²) in [6, 6.07) is 0. The summed E-state index contributed by atoms with van der Waals surface area (Å²) in [5, 5.41) is 27.7. The summed E-state index contributed by atoms with van der Waals surface area (Å²) in [6.45, 7) is 0. The van der Waals surface area contributed by atoms with E-state index in [1.807, 2.05) is 0 Å². The summed E-state index contributed by atoms with van der Waals surface area (Å²) in [7, 11) is 0. The monoisotopic (exact) mass is 817 g/mol. The SMILES string of the molecule is O=C(O)CCCCCCC/C=C\CCCCCCCCCCCCCCCCCCC(O)CCCCCCCCCCCCCC/C=C\CCCCCCCC(=O)O. The fraction of sp³-hybridized carbons (Fsp3) is 0.887. The number of carboxylic acids is 2. The van der Waals surface area contributed by atoms with Gasteiger partial charge in [-0.15, -0.1) is 0 Å². The van der Waals surface area contributed by atoms with Gasteiger partial charge in [0.15, 0.2) is 0 Å². The molecule has 1 unspecified atom stereocenters. The second-order valence-corrected chi connectivity index (χ2v) is 18.1. The topological polar surface area (TPSA) is 94.8 Å². The number of hydrogen-bond donors (Lipinski definition) is 3. The molecule has 0 aliphatic heterocycles. The molecule has 0 aromatic carbocycles. The Bertz CT molecular complexity index is 882. The average molecular weight is 817 g/mol. The summed E-state index contributed by atoms with van der Waals surface area (Å²) >= 11 is 0. The van der Waals surface area contributed by atoms with Crippen LogP contribution in [0.3, 0.4) is 0 Å². The number of aliphatic hydroxyl groups is 1. The fourth-order valence-corrected chi connectivity index (χ4v) is 8.28. The zero-order valence-corrected chi connectivity index (χ0v) is 38.6. The average Bonchev–Trinajstić information content (AvgIpc) is 3.20. The highest BCUT2D eigenvalue weighted by molar-refractivity contribution is 5.66. The van der Waals surface area contributed by atoms with Crippen LogP contribution in [0.1, 0.15) is 295 Å². The first-order valence-electron chi connectivity index (χ1n) is 25.9. The molecule has 0 fully saturated rings. The number of aliphatic hydroxyl groups excluding tert-OH is 1. The van der Waals surface area contributed by atoms with Crippen LogP contribution in [0.4, 0.5) is 0 Å². The van der Waals surface area contributed by atoms with Crippen LogP contribution in [0.2, 0.25) is 0 Å². The molecule has 0 radical (unpaired) electrons. The van der Waals surface area contributed by atoms with E-state index >= 15 is 0 Å². The highest BCUT2D eigenvalue weighted by Gasteiger charge is 2.04. The minimum absolute atomic E-state index is 0.0694. The van der Waals surface area contributed by atoms with Crippen molar-refractivity contribution in [3.05, 3.63) is 24.3 Å². The van der Waals surface area contributed by atoms with Crippen molar-refractivity contribution in [1.82, 2.24) is 0 Å². The van der Waals surface area contributed by atoms with E-state index < -0.39 is 11.9 Å². The van der Waals surface area contributed by atoms with E-state index in [-0.39, 0.29) is 6.10 Å². The van der Waals surface area contributed by atoms with Crippen LogP contribution >= 0.6 is 0 Å². The summed E-state index contributed by atoms with van der Waals surface area (Å²) in [6.07, 6.45) is 66.3. The predicted molar refractivity (Wildman–Crippen MR) is 252 cm³/mol. The Morgan fingerprint density at radius 2 is 0.448 bits per heavy atom. The van der Waals surface area contributed by atoms with Crippen LogP contribution in [-0.4, -0.2) is 33.4 Å². The van der Waals surface area contributed by atoms with Crippen molar-refractivity contribution in [3.8, 4) is 0 Å². The number of carbonyl (C=O) groups is 2. The van der Waals surface area contributed by atoms with Crippen LogP contribution in [0.5, 0.6) is 0 Å². The van der Waals surface area contributed by atoms with Crippen LogP contribution in [0.15, 0.2) is 24.3 Å². The van der Waals surface area contributed by atoms with Crippen molar-refractivity contribution < 1.29 is 24.9 Å². The number of aliphatic carboxylic acids is 2. The molecule has 5 nitrogen and oxygen atoms in total. The van der Waals surface area contributed by atoms with E-state index in [9.17, 15) is 14.7 Å². The number of rotatable bonds is 50. The highest BCUT2D eigenvalue weighted by Crippen LogP contribution is 2.18. The standard InChI is InChI=1S/C53H100O5/c54-51(48-44-40-36-32-28-24-20-16-12-8-6-10-14-18-22-26-30-34-38-42-46-50-53(57)58)47-43-39-35-31-27-23-19-15-11-7-4-2-1-3-5-9-13-17-21-25-29-33-37-41-45-49-52(55)56/h17-18,21-22,51,54H,1-16,19-20,23-50H2,(H,55,56)(H,57,58)/b21-17-,22-18-. The molecule has 0 aromatic rings. The lowest BCUT2D eigenvalue weighted by Crippen LogP contribution is -2.05. The van der Waals surface area contributed by atoms with Crippen LogP contribution in [0, 0.1) is 0 Å². The van der Waals surface area contributed by atoms with Gasteiger partial charge in [-0.2, -0.15) is 0 Å². The molecule has 1 atom stereocenters. The number of carboxylic acid groups (broad SMARTS) is 2. The van der Waals surface area contributed by atoms with E-state index in [2.05, 4.69) is 24.3 Å². The molecule has 0 amide bonds. The van der Waals surface area contributed by atoms with Crippen molar-refractivity contribution >= 4 is 11.9 Å². The Hall–Kier alpha value is -1.62. The van der Waals surface area contributed by atoms with E-state index in [0.29, 0.717) is 12.8 Å². The smallest absolute Gasteiger partial charge is 0.303 e. The van der Waals surface area contributed by atoms with Gasteiger partial charge in [0.05, 0.1) is 6.10 Å². The van der Waals surface area contributed by atoms with E-state index in [1.165, 1.54) is 244 Å². The first kappa shape index (κ1) is 56.4. The van der Waals surface area contributed by atoms with E-state index in [0.717, 1.165) is 38.5 Å². The van der Waals surface area contributed by atoms with Gasteiger partial charge < -0.3 is 15.3 Å². The minimum Gasteiger partial charge on any atom is -0.481 e. The van der Waals surface area contributed by atoms with E-state index in [4.69, 9.17) is 10.2 Å². The quantitative estimate of drug-likeness (QED) is 0.0420. The Morgan fingerprint density at radius 3 is 0.655 bits per heavy atom. The molecule has 0 saturated carbocycles. The summed E-state index contributed by atoms with van der Waals surface area (Å²) in [4.78, 5) is 21.0. The molecule has 3 N–H and O–H groups in total. The second kappa shape index (κ2) is 49.7. The summed E-state index contributed by atoms with van der Waals surface area (Å²) < 4.78 is 0. The van der Waals surface area contributed by atoms with Gasteiger partial charge in [-0.1, -0.05) is 230 Å². The third-order valence-corrected chi connectivity index (χ3v) is 12.2. The molecule has 0 spiro atoms. The van der Waals surface area contributed by atoms with Gasteiger partial charge in [0.25, 0.3) is 0 Å². The molecule has 0 aliphatic rings. The van der Waals surface area contributed by atoms with Gasteiger partial charge in [-0.25, -0.2) is 0 Å². The molecule has 0 aliphatic carbocycles. The molecular formula is C53H100O5. The number of unbranched alkanes of at least 4 members (excludes halogenated alkanes) is 38. The van der Waals surface area contributed by atoms with Crippen LogP contribution < -0.4 is 0 Å². The van der Waals surface area contributed by atoms with Gasteiger partial charge in [-0.3, -0.25) is 9.59 Å². The number of allylic oxidation sites excluding steroid dienone is 4. The molecule has 0 bridgehead atoms. The van der Waals surface area contributed by atoms with Crippen molar-refractivity contribution in [2.75, 3.05) is 0 Å². The van der Waals surface area contributed by atoms with Crippen molar-refractivity contribution in [1.29, 1.82) is 0 Å². The third-order valence-electron chi connectivity index (χ3n) is 12.2. The van der Waals surface area contributed by atoms with Gasteiger partial charge in [0, 0.05) is 12.8 Å². The lowest BCUT2D eigenvalue weighted by atomic mass is 10.0. The first-order chi connectivity index (χ1) is 28.5. The maximum absolute atomic E-state index is 10.5. The molecule has 0 saturated heterocycles. The predicted octanol–water partition coefficient (Wildman–Crippen LogP) is 17.6. The van der Waals surface area contributed by atoms with Crippen molar-refractivity contribution in [2.45, 2.75) is 301 Å². The van der Waals surface area contributed by atoms with Crippen molar-refractivity contribution in [3.63, 3.8) is 0 Å². The molecule has 0 heterocycles. The molecule has 5 heteroatoms. The largest absolute Gasteiger partial charge is 0.481 e.